The SMILES string of the molecule is CC(C)(C)OC(=O)N1CCC(C=O)(COCc2ccccc2)CC1.CCOCC.CN1CCC(N(C)C(=O)c2ccc(Nc3nc4c(Br)cccn4n3)cc2)CC1.CN1CCC(N(C)C(=O)c2ccc(Nc3nc4c(N5CCC(CO)(CCCC(F)(F)F)CC5)cccn4n3)cc2)CC1.OCC1(CCCC(F)(F)F)CCCCC1.[2H][IH][B].[AlH2].[C-]#[N+]C1(COCc2ccccc2)CCN(C(=O)OC(C)(C)C)CC1. The number of piperidine rings is 5. The molecule has 1 aliphatic carbocycles. The van der Waals surface area contributed by atoms with Crippen LogP contribution in [0.25, 0.3) is 16.1 Å². The standard InChI is InChI=1S/C30H40F3N7O2.C20H23BrN6O.C19H26N2O3.C19H27NO4.C11H19F3O.C4H10O.Al.BH2I.2H/c1-37-17-10-24(11-18-37)38(2)27(42)22-6-8-23(9-7-22)34-28-35-26-25(5-3-16-40(26)36-28)39-19-14-29(21-41,15-20-39)12-4-13-30(31,32)33;1-25-12-9-16(10-13-25)26(2)19(28)14-5-7-15(8-6-14)22-20-23-18-17(21)4-3-11-27(18)24-20;1-18(2,3)24-17(22)21-12-10-19(20-4,11-13-21)15-23-14-16-8-6-5-7-9-16;1-18(2,3)24-17(22)20-11-9-19(14-21,10-12-20)15-23-13-16-7-5-4-6-8-16;12-11(13,14)8-4-7-10(9-15)5-2-1-3-6-10;1-3-5-4-2;;1-2;;/h3,5-9,16,24,41H,4,10-15,17-21H2,1-2H3,(H,34,36);3-8,11,16H,9-10,12-13H2,1-2H3,(H,22,24);5-9H,10-15H2,1-3H3;4-8,14H,9-13,15H2,1-3H3;15H,1-9H2;3-4H2,1-2H3;;2H2;;/i;;;;;;;2D;;. The molecule has 14 rings (SSSR count). The van der Waals surface area contributed by atoms with E-state index >= 15 is 0 Å². The number of nitrogens with one attached hydrogen (secondary N) is 2. The molecule has 4 N–H and O–H groups in total. The fraction of sp³-hybridized carbons (Fsp3) is 0.592. The third-order valence-corrected chi connectivity index (χ3v) is 26.9. The van der Waals surface area contributed by atoms with Gasteiger partial charge in [0, 0.05) is 152 Å². The molecule has 0 atom stereocenters. The maximum atomic E-state index is 13.1. The van der Waals surface area contributed by atoms with Crippen molar-refractivity contribution in [3.05, 3.63) is 184 Å². The van der Waals surface area contributed by atoms with Gasteiger partial charge in [-0.25, -0.2) is 25.2 Å². The summed E-state index contributed by atoms with van der Waals surface area (Å²) in [7, 11) is 8.01. The minimum Gasteiger partial charge on any atom is -0.444 e. The van der Waals surface area contributed by atoms with Crippen LogP contribution >= 0.6 is 38.1 Å². The van der Waals surface area contributed by atoms with Crippen LogP contribution in [0.5, 0.6) is 0 Å². The van der Waals surface area contributed by atoms with Crippen molar-refractivity contribution in [2.45, 2.75) is 245 Å². The van der Waals surface area contributed by atoms with Crippen molar-refractivity contribution in [2.24, 2.45) is 16.2 Å². The van der Waals surface area contributed by atoms with E-state index in [1.54, 1.807) is 18.8 Å². The summed E-state index contributed by atoms with van der Waals surface area (Å²) in [5.41, 5.74) is 9.33. The Kier molecular flexibility index (Phi) is 48.2. The van der Waals surface area contributed by atoms with Gasteiger partial charge in [-0.15, -0.1) is 10.2 Å². The van der Waals surface area contributed by atoms with E-state index in [1.807, 2.05) is 225 Å². The number of alkyl halides is 6. The summed E-state index contributed by atoms with van der Waals surface area (Å²) >= 11 is 2.69. The molecule has 38 heteroatoms. The summed E-state index contributed by atoms with van der Waals surface area (Å²) in [6, 6.07) is 42.8. The van der Waals surface area contributed by atoms with Gasteiger partial charge >= 0.3 is 53.0 Å². The number of carbonyl (C=O) groups excluding carboxylic acids is 5. The first-order valence-electron chi connectivity index (χ1n) is 49.0. The Morgan fingerprint density at radius 2 is 0.957 bits per heavy atom. The van der Waals surface area contributed by atoms with Crippen molar-refractivity contribution in [1.82, 2.24) is 58.6 Å². The van der Waals surface area contributed by atoms with Crippen LogP contribution < -0.4 is 15.5 Å². The molecule has 9 heterocycles. The zero-order valence-electron chi connectivity index (χ0n) is 85.5. The molecule has 3 radical (unpaired) electrons. The molecule has 4 amide bonds. The fourth-order valence-corrected chi connectivity index (χ4v) is 18.1. The second-order valence-electron chi connectivity index (χ2n) is 39.3. The second-order valence-corrected chi connectivity index (χ2v) is 40.1. The number of benzene rings is 4. The van der Waals surface area contributed by atoms with Crippen molar-refractivity contribution in [3.63, 3.8) is 0 Å². The van der Waals surface area contributed by atoms with Crippen molar-refractivity contribution in [2.75, 3.05) is 149 Å². The van der Waals surface area contributed by atoms with Crippen LogP contribution in [0.4, 0.5) is 64.9 Å². The third-order valence-electron chi connectivity index (χ3n) is 26.3. The molecule has 4 aromatic heterocycles. The van der Waals surface area contributed by atoms with E-state index in [4.69, 9.17) is 35.8 Å². The quantitative estimate of drug-likeness (QED) is 0.0117. The van der Waals surface area contributed by atoms with Gasteiger partial charge in [0.1, 0.15) is 41.5 Å². The predicted molar refractivity (Wildman–Crippen MR) is 559 cm³/mol. The number of hydrogen-bond acceptors (Lipinski definition) is 21. The molecule has 5 saturated heterocycles. The third kappa shape index (κ3) is 39.6. The molecule has 8 aromatic rings. The molecule has 28 nitrogen and oxygen atoms in total. The Morgan fingerprint density at radius 3 is 1.34 bits per heavy atom. The predicted octanol–water partition coefficient (Wildman–Crippen LogP) is 19.4. The largest absolute Gasteiger partial charge is 0.444 e. The van der Waals surface area contributed by atoms with Gasteiger partial charge in [0.2, 0.25) is 11.9 Å². The smallest absolute Gasteiger partial charge is 0.410 e. The van der Waals surface area contributed by atoms with Gasteiger partial charge in [0.15, 0.2) is 11.3 Å². The topological polar surface area (TPSA) is 283 Å². The average Bonchev–Trinajstić information content (AvgIpc) is 1.64. The van der Waals surface area contributed by atoms with Gasteiger partial charge in [0.25, 0.3) is 17.4 Å². The number of amides is 4. The Morgan fingerprint density at radius 1 is 0.560 bits per heavy atom. The molecule has 4 aromatic carbocycles. The summed E-state index contributed by atoms with van der Waals surface area (Å²) in [6.07, 6.45) is 8.03. The first kappa shape index (κ1) is 118. The number of aliphatic hydroxyl groups excluding tert-OH is 2. The number of fused-ring (bicyclic) bond motifs is 2. The zero-order chi connectivity index (χ0) is 103. The van der Waals surface area contributed by atoms with Crippen LogP contribution in [0.3, 0.4) is 0 Å². The van der Waals surface area contributed by atoms with Crippen molar-refractivity contribution in [3.8, 4) is 0 Å². The Hall–Kier alpha value is -8.73. The van der Waals surface area contributed by atoms with Crippen molar-refractivity contribution >= 4 is 132 Å². The number of halogens is 8. The normalized spacial score (nSPS) is 17.2. The minimum atomic E-state index is -4.17. The van der Waals surface area contributed by atoms with E-state index in [9.17, 15) is 60.5 Å². The molecule has 0 unspecified atom stereocenters. The van der Waals surface area contributed by atoms with Crippen LogP contribution in [0.1, 0.15) is 222 Å². The maximum Gasteiger partial charge on any atom is 0.410 e. The van der Waals surface area contributed by atoms with Crippen LogP contribution in [-0.4, -0.2) is 297 Å². The summed E-state index contributed by atoms with van der Waals surface area (Å²) in [4.78, 5) is 88.5. The van der Waals surface area contributed by atoms with Crippen LogP contribution in [-0.2, 0) is 41.7 Å². The first-order valence-corrected chi connectivity index (χ1v) is 50.7. The molecule has 6 aliphatic rings. The number of ether oxygens (including phenoxy) is 5. The number of rotatable bonds is 28. The Balaban J connectivity index is 0.000000244. The summed E-state index contributed by atoms with van der Waals surface area (Å²) < 4.78 is 111. The van der Waals surface area contributed by atoms with E-state index < -0.39 is 74.9 Å². The van der Waals surface area contributed by atoms with Crippen molar-refractivity contribution < 1.29 is 84.2 Å². The molecule has 5 aliphatic heterocycles. The number of carbonyl (C=O) groups is 5. The number of likely N-dealkylation sites (tertiary alicyclic amines) is 4. The monoisotopic (exact) mass is 2160 g/mol. The number of nitrogens with zero attached hydrogens (tertiary/aromatic N) is 14. The molecule has 0 bridgehead atoms. The maximum absolute atomic E-state index is 13.1. The van der Waals surface area contributed by atoms with Gasteiger partial charge in [-0.3, -0.25) is 9.59 Å². The molecule has 141 heavy (non-hydrogen) atoms. The second kappa shape index (κ2) is 57.8. The Bertz CT molecular complexity index is 5100. The van der Waals surface area contributed by atoms with E-state index in [0.29, 0.717) is 152 Å². The summed E-state index contributed by atoms with van der Waals surface area (Å²) in [5, 5.41) is 34.7. The van der Waals surface area contributed by atoms with Gasteiger partial charge in [-0.1, -0.05) is 79.9 Å². The molecule has 6 fully saturated rings. The molecule has 775 valence electrons. The Labute approximate surface area is 863 Å². The van der Waals surface area contributed by atoms with E-state index in [2.05, 4.69) is 81.1 Å². The molecule has 1 saturated carbocycles. The zero-order valence-corrected chi connectivity index (χ0v) is 90.5. The van der Waals surface area contributed by atoms with Crippen LogP contribution in [0.15, 0.2) is 150 Å². The molecular formula is C103H149AlBBrF6IN16O12. The van der Waals surface area contributed by atoms with E-state index in [0.717, 1.165) is 142 Å². The molecule has 0 spiro atoms. The first-order chi connectivity index (χ1) is 67.0. The number of pyridine rings is 2. The number of aliphatic hydroxyl groups is 2. The number of anilines is 5. The number of aromatic nitrogens is 6. The van der Waals surface area contributed by atoms with E-state index in [1.165, 1.54) is 0 Å². The van der Waals surface area contributed by atoms with Gasteiger partial charge < -0.3 is 88.5 Å². The van der Waals surface area contributed by atoms with Crippen LogP contribution in [0.2, 0.25) is 0 Å². The summed E-state index contributed by atoms with van der Waals surface area (Å²) in [6.45, 7) is 33.4. The minimum absolute atomic E-state index is 0. The number of hydrogen-bond donors (Lipinski definition) is 4. The van der Waals surface area contributed by atoms with Gasteiger partial charge in [-0.05, 0) is 296 Å². The molecular weight excluding hydrogens is 2010 g/mol. The fourth-order valence-electron chi connectivity index (χ4n) is 17.7. The van der Waals surface area contributed by atoms with Gasteiger partial charge in [-0.2, -0.15) is 36.3 Å². The number of aldehydes is 1. The van der Waals surface area contributed by atoms with Gasteiger partial charge in [0.05, 0.1) is 35.4 Å². The van der Waals surface area contributed by atoms with Crippen LogP contribution in [0, 0.1) is 22.8 Å². The van der Waals surface area contributed by atoms with E-state index in [-0.39, 0.29) is 78.9 Å². The average molecular weight is 2160 g/mol. The summed E-state index contributed by atoms with van der Waals surface area (Å²) in [5.74, 6) is 1.00. The van der Waals surface area contributed by atoms with Crippen molar-refractivity contribution in [1.29, 1.82) is 0.594 Å².